The number of carbonyl (C=O) groups is 1. The summed E-state index contributed by atoms with van der Waals surface area (Å²) in [5.74, 6) is 0.436. The highest BCUT2D eigenvalue weighted by Gasteiger charge is 2.04. The van der Waals surface area contributed by atoms with Crippen molar-refractivity contribution in [3.8, 4) is 5.75 Å². The first-order valence-corrected chi connectivity index (χ1v) is 7.55. The van der Waals surface area contributed by atoms with Gasteiger partial charge >= 0.3 is 0 Å². The van der Waals surface area contributed by atoms with Gasteiger partial charge in [0, 0.05) is 0 Å². The Morgan fingerprint density at radius 2 is 1.74 bits per heavy atom. The van der Waals surface area contributed by atoms with Crippen LogP contribution in [-0.4, -0.2) is 18.7 Å². The third-order valence-corrected chi connectivity index (χ3v) is 3.52. The van der Waals surface area contributed by atoms with Crippen molar-refractivity contribution >= 4 is 12.1 Å². The number of ether oxygens (including phenoxy) is 1. The lowest BCUT2D eigenvalue weighted by Crippen LogP contribution is -2.24. The van der Waals surface area contributed by atoms with E-state index in [0.29, 0.717) is 0 Å². The van der Waals surface area contributed by atoms with E-state index in [0.717, 1.165) is 28.0 Å². The first-order valence-electron chi connectivity index (χ1n) is 7.55. The van der Waals surface area contributed by atoms with E-state index in [4.69, 9.17) is 4.74 Å². The number of benzene rings is 2. The molecule has 1 amide bonds. The summed E-state index contributed by atoms with van der Waals surface area (Å²) in [6.45, 7) is 7.93. The van der Waals surface area contributed by atoms with Crippen molar-refractivity contribution < 1.29 is 9.53 Å². The summed E-state index contributed by atoms with van der Waals surface area (Å²) in [6, 6.07) is 12.0. The minimum atomic E-state index is -0.285. The van der Waals surface area contributed by atoms with E-state index in [9.17, 15) is 4.79 Å². The first kappa shape index (κ1) is 16.7. The molecule has 4 heteroatoms. The Morgan fingerprint density at radius 3 is 2.48 bits per heavy atom. The van der Waals surface area contributed by atoms with Crippen LogP contribution in [0.25, 0.3) is 0 Å². The number of hydrogen-bond donors (Lipinski definition) is 1. The van der Waals surface area contributed by atoms with Gasteiger partial charge in [0.1, 0.15) is 5.75 Å². The predicted molar refractivity (Wildman–Crippen MR) is 93.1 cm³/mol. The SMILES string of the molecule is Cc1ccc(/C=N\NC(=O)COc2cc(C)ccc2C)c(C)c1. The van der Waals surface area contributed by atoms with E-state index in [1.54, 1.807) is 6.21 Å². The minimum Gasteiger partial charge on any atom is -0.483 e. The van der Waals surface area contributed by atoms with Crippen molar-refractivity contribution in [2.24, 2.45) is 5.10 Å². The maximum Gasteiger partial charge on any atom is 0.277 e. The highest BCUT2D eigenvalue weighted by molar-refractivity contribution is 5.84. The zero-order valence-electron chi connectivity index (χ0n) is 14.0. The van der Waals surface area contributed by atoms with Crippen molar-refractivity contribution in [1.29, 1.82) is 0 Å². The van der Waals surface area contributed by atoms with E-state index >= 15 is 0 Å². The van der Waals surface area contributed by atoms with E-state index in [-0.39, 0.29) is 12.5 Å². The van der Waals surface area contributed by atoms with Crippen LogP contribution in [0.5, 0.6) is 5.75 Å². The standard InChI is InChI=1S/C19H22N2O2/c1-13-6-8-17(16(4)9-13)11-20-21-19(22)12-23-18-10-14(2)5-7-15(18)3/h5-11H,12H2,1-4H3,(H,21,22)/b20-11-. The van der Waals surface area contributed by atoms with Crippen molar-refractivity contribution in [2.45, 2.75) is 27.7 Å². The van der Waals surface area contributed by atoms with Crippen LogP contribution in [0.1, 0.15) is 27.8 Å². The molecule has 0 aliphatic rings. The second-order valence-electron chi connectivity index (χ2n) is 5.71. The van der Waals surface area contributed by atoms with E-state index in [1.807, 2.05) is 58.0 Å². The summed E-state index contributed by atoms with van der Waals surface area (Å²) in [5.41, 5.74) is 7.88. The number of nitrogens with one attached hydrogen (secondary N) is 1. The molecule has 0 heterocycles. The molecule has 4 nitrogen and oxygen atoms in total. The van der Waals surface area contributed by atoms with Gasteiger partial charge < -0.3 is 4.74 Å². The Balaban J connectivity index is 1.87. The molecule has 2 rings (SSSR count). The van der Waals surface area contributed by atoms with Crippen LogP contribution in [0, 0.1) is 27.7 Å². The number of aryl methyl sites for hydroxylation is 4. The molecule has 0 spiro atoms. The van der Waals surface area contributed by atoms with Gasteiger partial charge in [-0.2, -0.15) is 5.10 Å². The zero-order valence-corrected chi connectivity index (χ0v) is 14.0. The summed E-state index contributed by atoms with van der Waals surface area (Å²) in [4.78, 5) is 11.8. The lowest BCUT2D eigenvalue weighted by atomic mass is 10.1. The molecule has 0 atom stereocenters. The maximum atomic E-state index is 11.8. The Morgan fingerprint density at radius 1 is 1.04 bits per heavy atom. The lowest BCUT2D eigenvalue weighted by Gasteiger charge is -2.08. The van der Waals surface area contributed by atoms with Gasteiger partial charge in [0.2, 0.25) is 0 Å². The lowest BCUT2D eigenvalue weighted by molar-refractivity contribution is -0.123. The average molecular weight is 310 g/mol. The van der Waals surface area contributed by atoms with Crippen molar-refractivity contribution in [2.75, 3.05) is 6.61 Å². The minimum absolute atomic E-state index is 0.0610. The smallest absolute Gasteiger partial charge is 0.277 e. The molecule has 0 aliphatic carbocycles. The van der Waals surface area contributed by atoms with Crippen LogP contribution in [0.15, 0.2) is 41.5 Å². The zero-order chi connectivity index (χ0) is 16.8. The molecular weight excluding hydrogens is 288 g/mol. The van der Waals surface area contributed by atoms with Crippen LogP contribution in [-0.2, 0) is 4.79 Å². The Kier molecular flexibility index (Phi) is 5.52. The molecule has 0 aliphatic heterocycles. The molecule has 0 aromatic heterocycles. The van der Waals surface area contributed by atoms with Gasteiger partial charge in [-0.15, -0.1) is 0 Å². The van der Waals surface area contributed by atoms with Crippen LogP contribution in [0.4, 0.5) is 0 Å². The highest BCUT2D eigenvalue weighted by atomic mass is 16.5. The molecule has 0 fully saturated rings. The van der Waals surface area contributed by atoms with E-state index in [1.165, 1.54) is 5.56 Å². The number of amides is 1. The third-order valence-electron chi connectivity index (χ3n) is 3.52. The number of rotatable bonds is 5. The predicted octanol–water partition coefficient (Wildman–Crippen LogP) is 3.45. The van der Waals surface area contributed by atoms with Gasteiger partial charge in [-0.3, -0.25) is 4.79 Å². The molecule has 120 valence electrons. The van der Waals surface area contributed by atoms with Gasteiger partial charge in [-0.25, -0.2) is 5.43 Å². The Bertz CT molecular complexity index is 736. The molecule has 23 heavy (non-hydrogen) atoms. The number of hydrogen-bond acceptors (Lipinski definition) is 3. The van der Waals surface area contributed by atoms with Crippen molar-refractivity contribution in [3.63, 3.8) is 0 Å². The summed E-state index contributed by atoms with van der Waals surface area (Å²) in [7, 11) is 0. The summed E-state index contributed by atoms with van der Waals surface area (Å²) < 4.78 is 5.54. The molecule has 2 aromatic rings. The van der Waals surface area contributed by atoms with Gasteiger partial charge in [0.05, 0.1) is 6.21 Å². The fourth-order valence-electron chi connectivity index (χ4n) is 2.18. The van der Waals surface area contributed by atoms with E-state index in [2.05, 4.69) is 16.6 Å². The van der Waals surface area contributed by atoms with Crippen molar-refractivity contribution in [1.82, 2.24) is 5.43 Å². The fourth-order valence-corrected chi connectivity index (χ4v) is 2.18. The molecule has 0 bridgehead atoms. The second kappa shape index (κ2) is 7.58. The fraction of sp³-hybridized carbons (Fsp3) is 0.263. The van der Waals surface area contributed by atoms with Crippen molar-refractivity contribution in [3.05, 3.63) is 64.2 Å². The number of hydrazone groups is 1. The van der Waals surface area contributed by atoms with Crippen LogP contribution in [0.3, 0.4) is 0 Å². The maximum absolute atomic E-state index is 11.8. The molecule has 0 saturated carbocycles. The molecule has 1 N–H and O–H groups in total. The topological polar surface area (TPSA) is 50.7 Å². The van der Waals surface area contributed by atoms with Gasteiger partial charge in [0.25, 0.3) is 5.91 Å². The number of nitrogens with zero attached hydrogens (tertiary/aromatic N) is 1. The van der Waals surface area contributed by atoms with Gasteiger partial charge in [-0.1, -0.05) is 35.9 Å². The van der Waals surface area contributed by atoms with Crippen LogP contribution in [0.2, 0.25) is 0 Å². The Hall–Kier alpha value is -2.62. The third kappa shape index (κ3) is 4.95. The quantitative estimate of drug-likeness (QED) is 0.679. The van der Waals surface area contributed by atoms with E-state index < -0.39 is 0 Å². The van der Waals surface area contributed by atoms with Gasteiger partial charge in [-0.05, 0) is 56.0 Å². The molecule has 2 aromatic carbocycles. The first-order chi connectivity index (χ1) is 11.0. The summed E-state index contributed by atoms with van der Waals surface area (Å²) in [6.07, 6.45) is 1.64. The summed E-state index contributed by atoms with van der Waals surface area (Å²) >= 11 is 0. The molecule has 0 saturated heterocycles. The summed E-state index contributed by atoms with van der Waals surface area (Å²) in [5, 5.41) is 3.98. The normalized spacial score (nSPS) is 10.8. The monoisotopic (exact) mass is 310 g/mol. The largest absolute Gasteiger partial charge is 0.483 e. The second-order valence-corrected chi connectivity index (χ2v) is 5.71. The Labute approximate surface area is 137 Å². The van der Waals surface area contributed by atoms with Gasteiger partial charge in [0.15, 0.2) is 6.61 Å². The van der Waals surface area contributed by atoms with Crippen LogP contribution >= 0.6 is 0 Å². The molecule has 0 unspecified atom stereocenters. The highest BCUT2D eigenvalue weighted by Crippen LogP contribution is 2.18. The molecule has 0 radical (unpaired) electrons. The average Bonchev–Trinajstić information content (AvgIpc) is 2.50. The number of carbonyl (C=O) groups excluding carboxylic acids is 1. The van der Waals surface area contributed by atoms with Crippen LogP contribution < -0.4 is 10.2 Å². The molecular formula is C19H22N2O2.